The van der Waals surface area contributed by atoms with Crippen molar-refractivity contribution in [3.63, 3.8) is 0 Å². The molecule has 1 atom stereocenters. The van der Waals surface area contributed by atoms with Crippen molar-refractivity contribution in [2.24, 2.45) is 5.92 Å². The number of ether oxygens (including phenoxy) is 1. The van der Waals surface area contributed by atoms with Crippen molar-refractivity contribution >= 4 is 33.2 Å². The van der Waals surface area contributed by atoms with Gasteiger partial charge in [0.1, 0.15) is 4.21 Å². The molecule has 0 aliphatic carbocycles. The van der Waals surface area contributed by atoms with Gasteiger partial charge in [0.15, 0.2) is 0 Å². The Kier molecular flexibility index (Phi) is 7.51. The minimum absolute atomic E-state index is 0.0449. The van der Waals surface area contributed by atoms with Gasteiger partial charge in [-0.2, -0.15) is 0 Å². The van der Waals surface area contributed by atoms with Gasteiger partial charge in [0, 0.05) is 24.4 Å². The lowest BCUT2D eigenvalue weighted by atomic mass is 10.0. The van der Waals surface area contributed by atoms with Crippen LogP contribution in [0, 0.1) is 5.92 Å². The minimum atomic E-state index is -3.93. The molecular weight excluding hydrogens is 436 g/mol. The summed E-state index contributed by atoms with van der Waals surface area (Å²) in [5.74, 6) is -0.322. The third-order valence-electron chi connectivity index (χ3n) is 5.54. The van der Waals surface area contributed by atoms with E-state index >= 15 is 0 Å². The van der Waals surface area contributed by atoms with Gasteiger partial charge in [-0.15, -0.1) is 11.3 Å². The maximum absolute atomic E-state index is 13.1. The lowest BCUT2D eigenvalue weighted by Crippen LogP contribution is -2.36. The van der Waals surface area contributed by atoms with E-state index in [0.717, 1.165) is 28.2 Å². The first-order chi connectivity index (χ1) is 14.8. The van der Waals surface area contributed by atoms with Crippen LogP contribution in [0.5, 0.6) is 0 Å². The molecule has 0 bridgehead atoms. The molecule has 2 aromatic rings. The molecule has 31 heavy (non-hydrogen) atoms. The summed E-state index contributed by atoms with van der Waals surface area (Å²) >= 11 is 1.05. The normalized spacial score (nSPS) is 14.7. The first-order valence-electron chi connectivity index (χ1n) is 10.3. The number of rotatable bonds is 8. The van der Waals surface area contributed by atoms with Gasteiger partial charge in [0.25, 0.3) is 10.0 Å². The second kappa shape index (κ2) is 9.93. The molecule has 0 spiro atoms. The summed E-state index contributed by atoms with van der Waals surface area (Å²) in [6, 6.07) is 9.17. The van der Waals surface area contributed by atoms with Crippen molar-refractivity contribution in [2.45, 2.75) is 50.4 Å². The molecule has 1 aliphatic heterocycles. The number of carbonyl (C=O) groups excluding carboxylic acids is 2. The molecule has 0 saturated heterocycles. The van der Waals surface area contributed by atoms with E-state index in [2.05, 4.69) is 4.72 Å². The van der Waals surface area contributed by atoms with Crippen LogP contribution in [-0.4, -0.2) is 38.8 Å². The van der Waals surface area contributed by atoms with Crippen molar-refractivity contribution in [1.82, 2.24) is 9.62 Å². The van der Waals surface area contributed by atoms with Crippen LogP contribution in [0.15, 0.2) is 34.5 Å². The number of esters is 1. The molecule has 1 aromatic carbocycles. The molecule has 0 radical (unpaired) electrons. The average Bonchev–Trinajstić information content (AvgIpc) is 3.17. The van der Waals surface area contributed by atoms with Gasteiger partial charge in [-0.1, -0.05) is 50.6 Å². The van der Waals surface area contributed by atoms with Crippen LogP contribution >= 0.6 is 11.3 Å². The Hall–Kier alpha value is -2.23. The number of hydrogen-bond acceptors (Lipinski definition) is 6. The summed E-state index contributed by atoms with van der Waals surface area (Å²) in [5, 5.41) is 0. The average molecular weight is 465 g/mol. The van der Waals surface area contributed by atoms with E-state index in [1.54, 1.807) is 4.90 Å². The van der Waals surface area contributed by atoms with Crippen LogP contribution in [-0.2, 0) is 39.1 Å². The Bertz CT molecular complexity index is 1050. The molecule has 1 amide bonds. The number of amides is 1. The summed E-state index contributed by atoms with van der Waals surface area (Å²) in [4.78, 5) is 27.6. The fourth-order valence-electron chi connectivity index (χ4n) is 3.50. The van der Waals surface area contributed by atoms with Crippen LogP contribution in [0.4, 0.5) is 0 Å². The smallest absolute Gasteiger partial charge is 0.340 e. The summed E-state index contributed by atoms with van der Waals surface area (Å²) in [6.45, 7) is 4.98. The summed E-state index contributed by atoms with van der Waals surface area (Å²) in [6.07, 6.45) is 1.81. The Labute approximate surface area is 187 Å². The lowest BCUT2D eigenvalue weighted by molar-refractivity contribution is -0.133. The fourth-order valence-corrected chi connectivity index (χ4v) is 6.46. The van der Waals surface area contributed by atoms with Gasteiger partial charge in [0.2, 0.25) is 5.91 Å². The van der Waals surface area contributed by atoms with E-state index in [9.17, 15) is 18.0 Å². The Morgan fingerprint density at radius 3 is 2.61 bits per heavy atom. The number of methoxy groups -OCH3 is 1. The molecule has 1 aromatic heterocycles. The highest BCUT2D eigenvalue weighted by atomic mass is 32.2. The minimum Gasteiger partial charge on any atom is -0.465 e. The number of nitrogens with zero attached hydrogens (tertiary/aromatic N) is 1. The highest BCUT2D eigenvalue weighted by molar-refractivity contribution is 7.91. The Balaban J connectivity index is 1.88. The third-order valence-corrected chi connectivity index (χ3v) is 8.68. The number of fused-ring (bicyclic) bond motifs is 1. The predicted octanol–water partition coefficient (Wildman–Crippen LogP) is 3.33. The van der Waals surface area contributed by atoms with Crippen molar-refractivity contribution in [3.05, 3.63) is 51.9 Å². The van der Waals surface area contributed by atoms with E-state index in [-0.39, 0.29) is 22.2 Å². The fraction of sp³-hybridized carbons (Fsp3) is 0.455. The highest BCUT2D eigenvalue weighted by Crippen LogP contribution is 2.37. The van der Waals surface area contributed by atoms with E-state index in [1.807, 2.05) is 44.2 Å². The van der Waals surface area contributed by atoms with Gasteiger partial charge >= 0.3 is 5.97 Å². The molecule has 7 nitrogen and oxygen atoms in total. The zero-order valence-corrected chi connectivity index (χ0v) is 19.6. The molecule has 3 rings (SSSR count). The van der Waals surface area contributed by atoms with Crippen molar-refractivity contribution in [3.8, 4) is 0 Å². The molecule has 168 valence electrons. The molecule has 0 saturated carbocycles. The second-order valence-electron chi connectivity index (χ2n) is 7.75. The van der Waals surface area contributed by atoms with E-state index in [0.29, 0.717) is 37.4 Å². The van der Waals surface area contributed by atoms with Crippen molar-refractivity contribution in [1.29, 1.82) is 0 Å². The van der Waals surface area contributed by atoms with Crippen molar-refractivity contribution < 1.29 is 22.7 Å². The number of carbonyl (C=O) groups is 2. The SMILES string of the molecule is CCC(C)CC(=O)N1CCc2c(sc(S(=O)(=O)NCc3ccccc3)c2C(=O)OC)C1. The zero-order valence-electron chi connectivity index (χ0n) is 18.0. The van der Waals surface area contributed by atoms with Crippen LogP contribution in [0.3, 0.4) is 0 Å². The van der Waals surface area contributed by atoms with Crippen LogP contribution < -0.4 is 4.72 Å². The van der Waals surface area contributed by atoms with Crippen LogP contribution in [0.1, 0.15) is 53.1 Å². The topological polar surface area (TPSA) is 92.8 Å². The van der Waals surface area contributed by atoms with E-state index in [4.69, 9.17) is 4.74 Å². The summed E-state index contributed by atoms with van der Waals surface area (Å²) < 4.78 is 33.6. The monoisotopic (exact) mass is 464 g/mol. The van der Waals surface area contributed by atoms with Gasteiger partial charge in [0.05, 0.1) is 19.2 Å². The molecule has 1 unspecified atom stereocenters. The standard InChI is InChI=1S/C22H28N2O5S2/c1-4-15(2)12-19(25)24-11-10-17-18(14-24)30-22(20(17)21(26)29-3)31(27,28)23-13-16-8-6-5-7-9-16/h5-9,15,23H,4,10-14H2,1-3H3. The third kappa shape index (κ3) is 5.34. The summed E-state index contributed by atoms with van der Waals surface area (Å²) in [7, 11) is -2.69. The molecule has 9 heteroatoms. The number of benzene rings is 1. The van der Waals surface area contributed by atoms with Gasteiger partial charge in [-0.25, -0.2) is 17.9 Å². The quantitative estimate of drug-likeness (QED) is 0.605. The zero-order chi connectivity index (χ0) is 22.6. The highest BCUT2D eigenvalue weighted by Gasteiger charge is 2.35. The van der Waals surface area contributed by atoms with Crippen molar-refractivity contribution in [2.75, 3.05) is 13.7 Å². The largest absolute Gasteiger partial charge is 0.465 e. The number of sulfonamides is 1. The van der Waals surface area contributed by atoms with Crippen LogP contribution in [0.2, 0.25) is 0 Å². The maximum atomic E-state index is 13.1. The van der Waals surface area contributed by atoms with Gasteiger partial charge in [-0.3, -0.25) is 4.79 Å². The van der Waals surface area contributed by atoms with Gasteiger partial charge < -0.3 is 9.64 Å². The van der Waals surface area contributed by atoms with Gasteiger partial charge in [-0.05, 0) is 23.5 Å². The number of hydrogen-bond donors (Lipinski definition) is 1. The summed E-state index contributed by atoms with van der Waals surface area (Å²) in [5.41, 5.74) is 1.58. The molecule has 1 N–H and O–H groups in total. The number of nitrogens with one attached hydrogen (secondary N) is 1. The molecular formula is C22H28N2O5S2. The molecule has 1 aliphatic rings. The Morgan fingerprint density at radius 2 is 1.97 bits per heavy atom. The first kappa shape index (κ1) is 23.4. The molecule has 2 heterocycles. The van der Waals surface area contributed by atoms with Crippen LogP contribution in [0.25, 0.3) is 0 Å². The second-order valence-corrected chi connectivity index (χ2v) is 10.8. The predicted molar refractivity (Wildman–Crippen MR) is 119 cm³/mol. The number of thiophene rings is 1. The lowest BCUT2D eigenvalue weighted by Gasteiger charge is -2.28. The van der Waals surface area contributed by atoms with E-state index < -0.39 is 16.0 Å². The van der Waals surface area contributed by atoms with E-state index in [1.165, 1.54) is 7.11 Å². The first-order valence-corrected chi connectivity index (χ1v) is 12.6. The molecule has 0 fully saturated rings. The maximum Gasteiger partial charge on any atom is 0.340 e. The Morgan fingerprint density at radius 1 is 1.26 bits per heavy atom.